The van der Waals surface area contributed by atoms with E-state index >= 15 is 0 Å². The number of nitrogens with two attached hydrogens (primary N) is 1. The Morgan fingerprint density at radius 3 is 2.30 bits per heavy atom. The van der Waals surface area contributed by atoms with Gasteiger partial charge in [-0.1, -0.05) is 15.9 Å². The molecule has 0 spiro atoms. The fourth-order valence-electron chi connectivity index (χ4n) is 1.83. The van der Waals surface area contributed by atoms with Gasteiger partial charge in [0.2, 0.25) is 0 Å². The smallest absolute Gasteiger partial charge is 0.271 e. The SMILES string of the molecule is Cc1cc(Oc2ccc([N+](=O)[O-])cc2N)cc(C)c1Br. The molecule has 0 atom stereocenters. The zero-order valence-electron chi connectivity index (χ0n) is 11.0. The maximum absolute atomic E-state index is 10.7. The predicted molar refractivity (Wildman–Crippen MR) is 81.2 cm³/mol. The van der Waals surface area contributed by atoms with Crippen molar-refractivity contribution in [2.24, 2.45) is 0 Å². The third-order valence-corrected chi connectivity index (χ3v) is 4.09. The first-order valence-electron chi connectivity index (χ1n) is 5.87. The zero-order valence-corrected chi connectivity index (χ0v) is 12.6. The lowest BCUT2D eigenvalue weighted by Crippen LogP contribution is -1.95. The van der Waals surface area contributed by atoms with Crippen molar-refractivity contribution >= 4 is 27.3 Å². The summed E-state index contributed by atoms with van der Waals surface area (Å²) in [5, 5.41) is 10.7. The van der Waals surface area contributed by atoms with E-state index in [9.17, 15) is 10.1 Å². The Balaban J connectivity index is 2.33. The van der Waals surface area contributed by atoms with Crippen molar-refractivity contribution < 1.29 is 9.66 Å². The van der Waals surface area contributed by atoms with E-state index in [0.717, 1.165) is 15.6 Å². The van der Waals surface area contributed by atoms with Gasteiger partial charge in [-0.05, 0) is 43.2 Å². The number of nitrogens with zero attached hydrogens (tertiary/aromatic N) is 1. The van der Waals surface area contributed by atoms with Gasteiger partial charge < -0.3 is 10.5 Å². The number of hydrogen-bond donors (Lipinski definition) is 1. The number of benzene rings is 2. The van der Waals surface area contributed by atoms with E-state index in [4.69, 9.17) is 10.5 Å². The van der Waals surface area contributed by atoms with Gasteiger partial charge in [0.15, 0.2) is 5.75 Å². The van der Waals surface area contributed by atoms with Crippen molar-refractivity contribution in [2.45, 2.75) is 13.8 Å². The molecule has 2 rings (SSSR count). The molecule has 0 heterocycles. The Bertz CT molecular complexity index is 663. The maximum atomic E-state index is 10.7. The van der Waals surface area contributed by atoms with Crippen LogP contribution in [-0.4, -0.2) is 4.92 Å². The molecule has 2 aromatic rings. The summed E-state index contributed by atoms with van der Waals surface area (Å²) in [4.78, 5) is 10.2. The molecule has 0 fully saturated rings. The molecule has 0 aliphatic heterocycles. The van der Waals surface area contributed by atoms with E-state index in [1.807, 2.05) is 26.0 Å². The molecule has 6 heteroatoms. The summed E-state index contributed by atoms with van der Waals surface area (Å²) in [6.07, 6.45) is 0. The van der Waals surface area contributed by atoms with Crippen LogP contribution in [0.15, 0.2) is 34.8 Å². The number of rotatable bonds is 3. The minimum Gasteiger partial charge on any atom is -0.455 e. The molecule has 0 aromatic heterocycles. The van der Waals surface area contributed by atoms with Crippen molar-refractivity contribution in [1.29, 1.82) is 0 Å². The number of nitrogen functional groups attached to an aromatic ring is 1. The van der Waals surface area contributed by atoms with Gasteiger partial charge in [-0.15, -0.1) is 0 Å². The second kappa shape index (κ2) is 5.50. The third kappa shape index (κ3) is 2.91. The van der Waals surface area contributed by atoms with E-state index in [-0.39, 0.29) is 11.4 Å². The van der Waals surface area contributed by atoms with Crippen LogP contribution in [0.5, 0.6) is 11.5 Å². The van der Waals surface area contributed by atoms with Gasteiger partial charge in [0.25, 0.3) is 5.69 Å². The molecular formula is C14H13BrN2O3. The minimum absolute atomic E-state index is 0.0574. The molecule has 0 bridgehead atoms. The summed E-state index contributed by atoms with van der Waals surface area (Å²) >= 11 is 3.48. The Kier molecular flexibility index (Phi) is 3.94. The number of ether oxygens (including phenoxy) is 1. The first kappa shape index (κ1) is 14.3. The van der Waals surface area contributed by atoms with E-state index in [1.165, 1.54) is 18.2 Å². The number of nitro benzene ring substituents is 1. The normalized spacial score (nSPS) is 10.3. The fraction of sp³-hybridized carbons (Fsp3) is 0.143. The first-order chi connectivity index (χ1) is 9.38. The lowest BCUT2D eigenvalue weighted by Gasteiger charge is -2.11. The quantitative estimate of drug-likeness (QED) is 0.513. The molecule has 0 aliphatic rings. The van der Waals surface area contributed by atoms with E-state index in [0.29, 0.717) is 11.5 Å². The van der Waals surface area contributed by atoms with Crippen LogP contribution >= 0.6 is 15.9 Å². The van der Waals surface area contributed by atoms with Gasteiger partial charge in [-0.3, -0.25) is 10.1 Å². The highest BCUT2D eigenvalue weighted by Gasteiger charge is 2.11. The van der Waals surface area contributed by atoms with Crippen LogP contribution in [0.4, 0.5) is 11.4 Å². The Hall–Kier alpha value is -2.08. The standard InChI is InChI=1S/C14H13BrN2O3/c1-8-5-11(6-9(2)14(8)15)20-13-4-3-10(17(18)19)7-12(13)16/h3-7H,16H2,1-2H3. The summed E-state index contributed by atoms with van der Waals surface area (Å²) in [6, 6.07) is 7.90. The molecule has 2 aromatic carbocycles. The van der Waals surface area contributed by atoms with Crippen molar-refractivity contribution in [3.8, 4) is 11.5 Å². The minimum atomic E-state index is -0.492. The molecule has 20 heavy (non-hydrogen) atoms. The summed E-state index contributed by atoms with van der Waals surface area (Å²) in [5.74, 6) is 1.04. The van der Waals surface area contributed by atoms with Crippen molar-refractivity contribution in [3.63, 3.8) is 0 Å². The van der Waals surface area contributed by atoms with Gasteiger partial charge >= 0.3 is 0 Å². The molecule has 0 saturated carbocycles. The van der Waals surface area contributed by atoms with Crippen LogP contribution in [0, 0.1) is 24.0 Å². The van der Waals surface area contributed by atoms with Crippen LogP contribution < -0.4 is 10.5 Å². The first-order valence-corrected chi connectivity index (χ1v) is 6.66. The lowest BCUT2D eigenvalue weighted by molar-refractivity contribution is -0.384. The summed E-state index contributed by atoms with van der Waals surface area (Å²) < 4.78 is 6.72. The summed E-state index contributed by atoms with van der Waals surface area (Å²) in [6.45, 7) is 3.92. The molecule has 0 amide bonds. The average Bonchev–Trinajstić information content (AvgIpc) is 2.38. The van der Waals surface area contributed by atoms with Gasteiger partial charge in [0.1, 0.15) is 5.75 Å². The predicted octanol–water partition coefficient (Wildman–Crippen LogP) is 4.35. The molecular weight excluding hydrogens is 324 g/mol. The zero-order chi connectivity index (χ0) is 14.9. The van der Waals surface area contributed by atoms with Gasteiger partial charge in [-0.25, -0.2) is 0 Å². The Morgan fingerprint density at radius 1 is 1.20 bits per heavy atom. The van der Waals surface area contributed by atoms with Crippen LogP contribution in [0.2, 0.25) is 0 Å². The summed E-state index contributed by atoms with van der Waals surface area (Å²) in [7, 11) is 0. The number of halogens is 1. The number of aryl methyl sites for hydroxylation is 2. The number of nitro groups is 1. The lowest BCUT2D eigenvalue weighted by atomic mass is 10.1. The van der Waals surface area contributed by atoms with Crippen LogP contribution in [0.1, 0.15) is 11.1 Å². The monoisotopic (exact) mass is 336 g/mol. The van der Waals surface area contributed by atoms with Crippen LogP contribution in [0.3, 0.4) is 0 Å². The molecule has 2 N–H and O–H groups in total. The summed E-state index contributed by atoms with van der Waals surface area (Å²) in [5.41, 5.74) is 8.03. The van der Waals surface area contributed by atoms with Crippen LogP contribution in [0.25, 0.3) is 0 Å². The maximum Gasteiger partial charge on any atom is 0.271 e. The molecule has 0 unspecified atom stereocenters. The van der Waals surface area contributed by atoms with E-state index in [2.05, 4.69) is 15.9 Å². The van der Waals surface area contributed by atoms with Crippen molar-refractivity contribution in [1.82, 2.24) is 0 Å². The van der Waals surface area contributed by atoms with E-state index in [1.54, 1.807) is 0 Å². The fourth-order valence-corrected chi connectivity index (χ4v) is 2.06. The largest absolute Gasteiger partial charge is 0.455 e. The van der Waals surface area contributed by atoms with E-state index < -0.39 is 4.92 Å². The molecule has 0 saturated heterocycles. The third-order valence-electron chi connectivity index (χ3n) is 2.84. The molecule has 0 radical (unpaired) electrons. The molecule has 0 aliphatic carbocycles. The van der Waals surface area contributed by atoms with Gasteiger partial charge in [0, 0.05) is 16.6 Å². The average molecular weight is 337 g/mol. The van der Waals surface area contributed by atoms with Gasteiger partial charge in [0.05, 0.1) is 10.6 Å². The Labute approximate surface area is 124 Å². The molecule has 5 nitrogen and oxygen atoms in total. The van der Waals surface area contributed by atoms with Gasteiger partial charge in [-0.2, -0.15) is 0 Å². The van der Waals surface area contributed by atoms with Crippen molar-refractivity contribution in [3.05, 3.63) is 56.0 Å². The number of anilines is 1. The second-order valence-electron chi connectivity index (χ2n) is 4.45. The van der Waals surface area contributed by atoms with Crippen molar-refractivity contribution in [2.75, 3.05) is 5.73 Å². The second-order valence-corrected chi connectivity index (χ2v) is 5.25. The molecule has 104 valence electrons. The highest BCUT2D eigenvalue weighted by Crippen LogP contribution is 2.33. The Morgan fingerprint density at radius 2 is 1.80 bits per heavy atom. The van der Waals surface area contributed by atoms with Crippen LogP contribution in [-0.2, 0) is 0 Å². The highest BCUT2D eigenvalue weighted by molar-refractivity contribution is 9.10. The highest BCUT2D eigenvalue weighted by atomic mass is 79.9. The number of non-ortho nitro benzene ring substituents is 1. The number of hydrogen-bond acceptors (Lipinski definition) is 4. The topological polar surface area (TPSA) is 78.4 Å².